The van der Waals surface area contributed by atoms with Gasteiger partial charge in [0, 0.05) is 37.8 Å². The van der Waals surface area contributed by atoms with Gasteiger partial charge in [-0.2, -0.15) is 0 Å². The number of carbonyl (C=O) groups excluding carboxylic acids is 3. The van der Waals surface area contributed by atoms with E-state index in [2.05, 4.69) is 5.32 Å². The molecule has 0 fully saturated rings. The maximum absolute atomic E-state index is 13.9. The second-order valence-corrected chi connectivity index (χ2v) is 9.71. The summed E-state index contributed by atoms with van der Waals surface area (Å²) in [4.78, 5) is 53.0. The van der Waals surface area contributed by atoms with Crippen LogP contribution in [0.5, 0.6) is 11.5 Å². The maximum atomic E-state index is 13.9. The highest BCUT2D eigenvalue weighted by Crippen LogP contribution is 2.23. The van der Waals surface area contributed by atoms with Gasteiger partial charge in [0.2, 0.25) is 11.3 Å². The van der Waals surface area contributed by atoms with Crippen molar-refractivity contribution < 1.29 is 28.6 Å². The van der Waals surface area contributed by atoms with Gasteiger partial charge in [-0.15, -0.1) is 0 Å². The van der Waals surface area contributed by atoms with Crippen LogP contribution in [-0.2, 0) is 11.3 Å². The molecular weight excluding hydrogens is 495 g/mol. The van der Waals surface area contributed by atoms with Crippen molar-refractivity contribution in [2.45, 2.75) is 64.3 Å². The number of aromatic nitrogens is 1. The van der Waals surface area contributed by atoms with Gasteiger partial charge in [-0.3, -0.25) is 19.2 Å². The fourth-order valence-corrected chi connectivity index (χ4v) is 4.68. The van der Waals surface area contributed by atoms with Crippen LogP contribution in [0.4, 0.5) is 4.39 Å². The third-order valence-corrected chi connectivity index (χ3v) is 6.86. The molecule has 0 spiro atoms. The van der Waals surface area contributed by atoms with Gasteiger partial charge in [-0.05, 0) is 18.9 Å². The number of fused-ring (bicyclic) bond motifs is 2. The Hall–Kier alpha value is -3.89. The minimum atomic E-state index is -1.03. The zero-order valence-corrected chi connectivity index (χ0v) is 21.5. The Labute approximate surface area is 220 Å². The average Bonchev–Trinajstić information content (AvgIpc) is 2.89. The first kappa shape index (κ1) is 27.2. The summed E-state index contributed by atoms with van der Waals surface area (Å²) in [6.45, 7) is 0.246. The summed E-state index contributed by atoms with van der Waals surface area (Å²) in [5.41, 5.74) is -1.32. The van der Waals surface area contributed by atoms with Crippen LogP contribution in [0.1, 0.15) is 84.2 Å². The Bertz CT molecular complexity index is 1280. The fourth-order valence-electron chi connectivity index (χ4n) is 4.68. The first-order valence-corrected chi connectivity index (χ1v) is 13.0. The van der Waals surface area contributed by atoms with Crippen molar-refractivity contribution in [3.05, 3.63) is 57.3 Å². The summed E-state index contributed by atoms with van der Waals surface area (Å²) in [5.74, 6) is -2.84. The monoisotopic (exact) mass is 528 g/mol. The highest BCUT2D eigenvalue weighted by Gasteiger charge is 2.35. The minimum absolute atomic E-state index is 0.0687. The zero-order valence-electron chi connectivity index (χ0n) is 21.5. The Morgan fingerprint density at radius 3 is 2.39 bits per heavy atom. The summed E-state index contributed by atoms with van der Waals surface area (Å²) < 4.78 is 20.8. The highest BCUT2D eigenvalue weighted by atomic mass is 19.1. The van der Waals surface area contributed by atoms with Crippen LogP contribution < -0.4 is 20.5 Å². The summed E-state index contributed by atoms with van der Waals surface area (Å²) >= 11 is 0. The number of benzene rings is 1. The van der Waals surface area contributed by atoms with Crippen molar-refractivity contribution in [1.29, 1.82) is 0 Å². The van der Waals surface area contributed by atoms with Gasteiger partial charge in [0.1, 0.15) is 23.8 Å². The Balaban J connectivity index is 1.67. The van der Waals surface area contributed by atoms with Crippen molar-refractivity contribution in [3.63, 3.8) is 0 Å². The van der Waals surface area contributed by atoms with Crippen LogP contribution in [0.15, 0.2) is 29.2 Å². The smallest absolute Gasteiger partial charge is 0.277 e. The van der Waals surface area contributed by atoms with Crippen LogP contribution >= 0.6 is 0 Å². The minimum Gasteiger partial charge on any atom is -0.502 e. The lowest BCUT2D eigenvalue weighted by molar-refractivity contribution is -0.120. The molecule has 0 saturated carbocycles. The maximum Gasteiger partial charge on any atom is 0.277 e. The predicted octanol–water partition coefficient (Wildman–Crippen LogP) is 3.03. The number of hydrogen-bond donors (Lipinski definition) is 2. The van der Waals surface area contributed by atoms with E-state index in [1.165, 1.54) is 35.2 Å². The van der Waals surface area contributed by atoms with Crippen molar-refractivity contribution in [1.82, 2.24) is 14.9 Å². The molecule has 0 atom stereocenters. The van der Waals surface area contributed by atoms with E-state index in [4.69, 9.17) is 4.74 Å². The number of pyridine rings is 1. The summed E-state index contributed by atoms with van der Waals surface area (Å²) in [6.07, 6.45) is 8.82. The van der Waals surface area contributed by atoms with E-state index < -0.39 is 34.4 Å². The number of halogens is 1. The normalized spacial score (nSPS) is 18.2. The largest absolute Gasteiger partial charge is 0.502 e. The molecule has 0 unspecified atom stereocenters. The molecule has 0 radical (unpaired) electrons. The number of amides is 3. The topological polar surface area (TPSA) is 121 Å². The van der Waals surface area contributed by atoms with Crippen LogP contribution in [0, 0.1) is 5.82 Å². The molecule has 2 aliphatic rings. The van der Waals surface area contributed by atoms with E-state index in [9.17, 15) is 28.7 Å². The number of aromatic hydroxyl groups is 1. The molecule has 3 amide bonds. The molecule has 1 aromatic carbocycles. The summed E-state index contributed by atoms with van der Waals surface area (Å²) in [7, 11) is 1.46. The van der Waals surface area contributed by atoms with Gasteiger partial charge >= 0.3 is 0 Å². The Kier molecular flexibility index (Phi) is 8.65. The van der Waals surface area contributed by atoms with Crippen molar-refractivity contribution in [2.75, 3.05) is 25.3 Å². The molecule has 4 rings (SSSR count). The molecule has 1 aromatic heterocycles. The number of nitrogens with one attached hydrogen (secondary N) is 1. The third-order valence-electron chi connectivity index (χ3n) is 6.86. The van der Waals surface area contributed by atoms with Crippen LogP contribution in [0.3, 0.4) is 0 Å². The Morgan fingerprint density at radius 2 is 1.66 bits per heavy atom. The van der Waals surface area contributed by atoms with Gasteiger partial charge in [0.25, 0.3) is 11.8 Å². The van der Waals surface area contributed by atoms with Gasteiger partial charge in [-0.1, -0.05) is 44.6 Å². The quantitative estimate of drug-likeness (QED) is 0.542. The molecule has 2 aliphatic heterocycles. The molecule has 2 aromatic rings. The molecule has 38 heavy (non-hydrogen) atoms. The van der Waals surface area contributed by atoms with E-state index in [1.807, 2.05) is 0 Å². The second kappa shape index (κ2) is 12.1. The molecule has 2 bridgehead atoms. The first-order chi connectivity index (χ1) is 18.3. The van der Waals surface area contributed by atoms with Crippen molar-refractivity contribution in [3.8, 4) is 11.5 Å². The van der Waals surface area contributed by atoms with E-state index in [0.717, 1.165) is 55.8 Å². The lowest BCUT2D eigenvalue weighted by atomic mass is 10.1. The molecule has 11 heteroatoms. The van der Waals surface area contributed by atoms with E-state index in [0.29, 0.717) is 24.3 Å². The molecule has 204 valence electrons. The molecule has 3 heterocycles. The lowest BCUT2D eigenvalue weighted by Gasteiger charge is -2.36. The molecule has 0 aliphatic carbocycles. The lowest BCUT2D eigenvalue weighted by Crippen LogP contribution is -2.55. The number of ether oxygens (including phenoxy) is 1. The standard InChI is InChI=1S/C27H33FN4O6/c1-30-17-32-22(33)10-8-6-4-2-3-5-7-9-13-38-21-14-19(28)12-11-18(21)15-29-26(36)20-16-31(32)23(27(30)37)25(35)24(20)34/h11-12,14,16,35H,2-10,13,15,17H2,1H3,(H,29,36). The first-order valence-electron chi connectivity index (χ1n) is 13.0. The zero-order chi connectivity index (χ0) is 27.2. The van der Waals surface area contributed by atoms with Crippen LogP contribution in [0.25, 0.3) is 0 Å². The SMILES string of the molecule is CN1CN2C(=O)CCCCCCCCCCOc3cc(F)ccc3CNC(=O)c3cn2c(c(O)c3=O)C1=O. The van der Waals surface area contributed by atoms with E-state index in [1.54, 1.807) is 0 Å². The fraction of sp³-hybridized carbons (Fsp3) is 0.481. The van der Waals surface area contributed by atoms with E-state index in [-0.39, 0.29) is 31.2 Å². The van der Waals surface area contributed by atoms with Gasteiger partial charge < -0.3 is 20.1 Å². The van der Waals surface area contributed by atoms with Crippen molar-refractivity contribution in [2.24, 2.45) is 0 Å². The Morgan fingerprint density at radius 1 is 0.974 bits per heavy atom. The van der Waals surface area contributed by atoms with Crippen molar-refractivity contribution >= 4 is 17.7 Å². The number of nitrogens with zero attached hydrogens (tertiary/aromatic N) is 3. The number of carbonyl (C=O) groups is 3. The molecular formula is C27H33FN4O6. The van der Waals surface area contributed by atoms with Gasteiger partial charge in [0.05, 0.1) is 6.61 Å². The molecule has 10 nitrogen and oxygen atoms in total. The second-order valence-electron chi connectivity index (χ2n) is 9.71. The van der Waals surface area contributed by atoms with Crippen LogP contribution in [0.2, 0.25) is 0 Å². The van der Waals surface area contributed by atoms with E-state index >= 15 is 0 Å². The predicted molar refractivity (Wildman–Crippen MR) is 137 cm³/mol. The molecule has 0 saturated heterocycles. The highest BCUT2D eigenvalue weighted by molar-refractivity contribution is 6.01. The van der Waals surface area contributed by atoms with Gasteiger partial charge in [0.15, 0.2) is 11.4 Å². The number of hydrogen-bond acceptors (Lipinski definition) is 6. The summed E-state index contributed by atoms with van der Waals surface area (Å²) in [6, 6.07) is 4.00. The van der Waals surface area contributed by atoms with Gasteiger partial charge in [-0.25, -0.2) is 14.1 Å². The number of rotatable bonds is 0. The van der Waals surface area contributed by atoms with Crippen LogP contribution in [-0.4, -0.2) is 52.7 Å². The third kappa shape index (κ3) is 5.98. The molecule has 2 N–H and O–H groups in total. The summed E-state index contributed by atoms with van der Waals surface area (Å²) in [5, 5.41) is 14.5. The average molecular weight is 529 g/mol.